The number of aliphatic hydroxyl groups excluding tert-OH is 1. The van der Waals surface area contributed by atoms with Crippen LogP contribution in [0.1, 0.15) is 19.3 Å². The van der Waals surface area contributed by atoms with Gasteiger partial charge in [0.25, 0.3) is 0 Å². The number of likely N-dealkylation sites (tertiary alicyclic amines) is 1. The summed E-state index contributed by atoms with van der Waals surface area (Å²) >= 11 is 0. The van der Waals surface area contributed by atoms with Gasteiger partial charge in [-0.3, -0.25) is 4.90 Å². The summed E-state index contributed by atoms with van der Waals surface area (Å²) in [4.78, 5) is 1.43. The van der Waals surface area contributed by atoms with Gasteiger partial charge in [0.2, 0.25) is 0 Å². The van der Waals surface area contributed by atoms with Crippen LogP contribution in [0.4, 0.5) is 13.2 Å². The van der Waals surface area contributed by atoms with Gasteiger partial charge < -0.3 is 5.11 Å². The first-order valence-corrected chi connectivity index (χ1v) is 4.91. The van der Waals surface area contributed by atoms with Crippen LogP contribution >= 0.6 is 0 Å². The van der Waals surface area contributed by atoms with Crippen molar-refractivity contribution in [3.63, 3.8) is 0 Å². The summed E-state index contributed by atoms with van der Waals surface area (Å²) in [5.74, 6) is 0.232. The minimum atomic E-state index is -4.10. The van der Waals surface area contributed by atoms with Crippen LogP contribution in [0.5, 0.6) is 0 Å². The Kier molecular flexibility index (Phi) is 4.19. The van der Waals surface area contributed by atoms with Gasteiger partial charge in [0, 0.05) is 13.2 Å². The average molecular weight is 211 g/mol. The fourth-order valence-corrected chi connectivity index (χ4v) is 1.97. The van der Waals surface area contributed by atoms with Crippen LogP contribution in [0.3, 0.4) is 0 Å². The number of alkyl halides is 3. The molecule has 1 saturated heterocycles. The lowest BCUT2D eigenvalue weighted by atomic mass is 9.95. The number of halogens is 3. The highest BCUT2D eigenvalue weighted by Gasteiger charge is 2.32. The molecule has 0 bridgehead atoms. The zero-order chi connectivity index (χ0) is 10.6. The van der Waals surface area contributed by atoms with Crippen molar-refractivity contribution in [1.82, 2.24) is 4.90 Å². The molecule has 1 heterocycles. The maximum absolute atomic E-state index is 12.1. The molecule has 1 aliphatic rings. The van der Waals surface area contributed by atoms with Crippen molar-refractivity contribution in [2.45, 2.75) is 25.4 Å². The highest BCUT2D eigenvalue weighted by atomic mass is 19.4. The smallest absolute Gasteiger partial charge is 0.396 e. The Bertz CT molecular complexity index is 170. The number of hydrogen-bond acceptors (Lipinski definition) is 2. The zero-order valence-electron chi connectivity index (χ0n) is 8.06. The minimum Gasteiger partial charge on any atom is -0.396 e. The Balaban J connectivity index is 2.32. The van der Waals surface area contributed by atoms with Crippen molar-refractivity contribution < 1.29 is 18.3 Å². The van der Waals surface area contributed by atoms with Crippen molar-refractivity contribution in [3.8, 4) is 0 Å². The van der Waals surface area contributed by atoms with E-state index in [4.69, 9.17) is 5.11 Å². The maximum atomic E-state index is 12.1. The van der Waals surface area contributed by atoms with Crippen LogP contribution in [-0.2, 0) is 0 Å². The molecule has 0 spiro atoms. The fraction of sp³-hybridized carbons (Fsp3) is 1.00. The summed E-state index contributed by atoms with van der Waals surface area (Å²) in [6.45, 7) is 0.265. The van der Waals surface area contributed by atoms with Gasteiger partial charge in [-0.15, -0.1) is 0 Å². The molecular weight excluding hydrogens is 195 g/mol. The number of hydrogen-bond donors (Lipinski definition) is 1. The molecule has 1 rings (SSSR count). The first kappa shape index (κ1) is 11.8. The molecule has 0 aromatic rings. The quantitative estimate of drug-likeness (QED) is 0.767. The van der Waals surface area contributed by atoms with Crippen molar-refractivity contribution in [3.05, 3.63) is 0 Å². The normalized spacial score (nSPS) is 25.3. The van der Waals surface area contributed by atoms with E-state index in [0.717, 1.165) is 12.8 Å². The molecule has 84 valence electrons. The molecule has 0 amide bonds. The lowest BCUT2D eigenvalue weighted by molar-refractivity contribution is -0.149. The van der Waals surface area contributed by atoms with Crippen LogP contribution in [0, 0.1) is 5.92 Å². The molecule has 0 aromatic heterocycles. The number of rotatable bonds is 3. The van der Waals surface area contributed by atoms with Crippen molar-refractivity contribution in [2.24, 2.45) is 5.92 Å². The number of piperidine rings is 1. The van der Waals surface area contributed by atoms with Crippen molar-refractivity contribution in [2.75, 3.05) is 26.2 Å². The fourth-order valence-electron chi connectivity index (χ4n) is 1.97. The van der Waals surface area contributed by atoms with E-state index in [1.807, 2.05) is 0 Å². The second kappa shape index (κ2) is 4.98. The predicted octanol–water partition coefficient (Wildman–Crippen LogP) is 1.64. The lowest BCUT2D eigenvalue weighted by Gasteiger charge is -2.32. The molecule has 0 saturated carbocycles. The first-order valence-electron chi connectivity index (χ1n) is 4.91. The third-order valence-electron chi connectivity index (χ3n) is 2.54. The maximum Gasteiger partial charge on any atom is 0.401 e. The highest BCUT2D eigenvalue weighted by Crippen LogP contribution is 2.23. The molecule has 1 aliphatic heterocycles. The van der Waals surface area contributed by atoms with Crippen LogP contribution in [-0.4, -0.2) is 42.4 Å². The summed E-state index contributed by atoms with van der Waals surface area (Å²) in [5, 5.41) is 8.70. The molecule has 0 radical (unpaired) electrons. The van der Waals surface area contributed by atoms with E-state index in [1.165, 1.54) is 4.90 Å². The van der Waals surface area contributed by atoms with Gasteiger partial charge in [-0.2, -0.15) is 13.2 Å². The molecule has 1 N–H and O–H groups in total. The third-order valence-corrected chi connectivity index (χ3v) is 2.54. The molecule has 0 aliphatic carbocycles. The molecule has 1 atom stereocenters. The summed E-state index contributed by atoms with van der Waals surface area (Å²) in [5.41, 5.74) is 0. The van der Waals surface area contributed by atoms with Gasteiger partial charge in [0.15, 0.2) is 0 Å². The molecule has 0 aromatic carbocycles. The van der Waals surface area contributed by atoms with E-state index >= 15 is 0 Å². The van der Waals surface area contributed by atoms with Gasteiger partial charge in [-0.05, 0) is 31.7 Å². The van der Waals surface area contributed by atoms with Gasteiger partial charge >= 0.3 is 6.18 Å². The molecule has 2 nitrogen and oxygen atoms in total. The molecular formula is C9H16F3NO. The van der Waals surface area contributed by atoms with Crippen LogP contribution < -0.4 is 0 Å². The van der Waals surface area contributed by atoms with Gasteiger partial charge in [-0.25, -0.2) is 0 Å². The van der Waals surface area contributed by atoms with Crippen molar-refractivity contribution in [1.29, 1.82) is 0 Å². The van der Waals surface area contributed by atoms with Crippen LogP contribution in [0.25, 0.3) is 0 Å². The largest absolute Gasteiger partial charge is 0.401 e. The Morgan fingerprint density at radius 1 is 1.36 bits per heavy atom. The third kappa shape index (κ3) is 4.28. The number of nitrogens with zero attached hydrogens (tertiary/aromatic N) is 1. The summed E-state index contributed by atoms with van der Waals surface area (Å²) < 4.78 is 36.2. The summed E-state index contributed by atoms with van der Waals surface area (Å²) in [7, 11) is 0. The SMILES string of the molecule is OCCC1CCCN(CC(F)(F)F)C1. The molecule has 5 heteroatoms. The monoisotopic (exact) mass is 211 g/mol. The van der Waals surface area contributed by atoms with Gasteiger partial charge in [-0.1, -0.05) is 0 Å². The second-order valence-electron chi connectivity index (χ2n) is 3.87. The predicted molar refractivity (Wildman–Crippen MR) is 46.9 cm³/mol. The Morgan fingerprint density at radius 3 is 2.64 bits per heavy atom. The minimum absolute atomic E-state index is 0.0739. The molecule has 1 fully saturated rings. The van der Waals surface area contributed by atoms with E-state index < -0.39 is 12.7 Å². The Morgan fingerprint density at radius 2 is 2.07 bits per heavy atom. The standard InChI is InChI=1S/C9H16F3NO/c10-9(11,12)7-13-4-1-2-8(6-13)3-5-14/h8,14H,1-7H2. The lowest BCUT2D eigenvalue weighted by Crippen LogP contribution is -2.41. The molecule has 1 unspecified atom stereocenters. The first-order chi connectivity index (χ1) is 6.51. The van der Waals surface area contributed by atoms with E-state index in [0.29, 0.717) is 19.5 Å². The van der Waals surface area contributed by atoms with E-state index in [1.54, 1.807) is 0 Å². The van der Waals surface area contributed by atoms with Crippen LogP contribution in [0.15, 0.2) is 0 Å². The van der Waals surface area contributed by atoms with Crippen LogP contribution in [0.2, 0.25) is 0 Å². The zero-order valence-corrected chi connectivity index (χ0v) is 8.06. The van der Waals surface area contributed by atoms with E-state index in [-0.39, 0.29) is 12.5 Å². The number of aliphatic hydroxyl groups is 1. The average Bonchev–Trinajstić information content (AvgIpc) is 2.02. The van der Waals surface area contributed by atoms with Gasteiger partial charge in [0.1, 0.15) is 0 Å². The topological polar surface area (TPSA) is 23.5 Å². The highest BCUT2D eigenvalue weighted by molar-refractivity contribution is 4.74. The Labute approximate surface area is 81.7 Å². The van der Waals surface area contributed by atoms with E-state index in [9.17, 15) is 13.2 Å². The summed E-state index contributed by atoms with van der Waals surface area (Å²) in [6, 6.07) is 0. The van der Waals surface area contributed by atoms with Gasteiger partial charge in [0.05, 0.1) is 6.54 Å². The van der Waals surface area contributed by atoms with E-state index in [2.05, 4.69) is 0 Å². The van der Waals surface area contributed by atoms with Crippen molar-refractivity contribution >= 4 is 0 Å². The molecule has 14 heavy (non-hydrogen) atoms. The summed E-state index contributed by atoms with van der Waals surface area (Å²) in [6.07, 6.45) is -1.73. The second-order valence-corrected chi connectivity index (χ2v) is 3.87. The Hall–Kier alpha value is -0.290.